The molecular formula is C24H14Cl3N3OS2. The van der Waals surface area contributed by atoms with E-state index in [0.29, 0.717) is 36.8 Å². The predicted octanol–water partition coefficient (Wildman–Crippen LogP) is 8.54. The van der Waals surface area contributed by atoms with E-state index in [2.05, 4.69) is 5.32 Å². The number of halogens is 3. The van der Waals surface area contributed by atoms with Crippen LogP contribution in [0.4, 0.5) is 16.4 Å². The summed E-state index contributed by atoms with van der Waals surface area (Å²) in [6.45, 7) is 0. The van der Waals surface area contributed by atoms with Crippen molar-refractivity contribution in [2.45, 2.75) is 0 Å². The number of benzene rings is 3. The highest BCUT2D eigenvalue weighted by Crippen LogP contribution is 2.47. The minimum Gasteiger partial charge on any atom is -0.397 e. The number of thiophene rings is 1. The number of para-hydroxylation sites is 1. The Kier molecular flexibility index (Phi) is 6.03. The Hall–Kier alpha value is -2.61. The third-order valence-corrected chi connectivity index (χ3v) is 8.11. The molecule has 0 aliphatic carbocycles. The van der Waals surface area contributed by atoms with Gasteiger partial charge >= 0.3 is 0 Å². The van der Waals surface area contributed by atoms with Crippen LogP contribution >= 0.6 is 57.5 Å². The van der Waals surface area contributed by atoms with Crippen molar-refractivity contribution >= 4 is 89.9 Å². The smallest absolute Gasteiger partial charge is 0.205 e. The maximum atomic E-state index is 13.4. The van der Waals surface area contributed by atoms with Crippen LogP contribution in [-0.2, 0) is 0 Å². The van der Waals surface area contributed by atoms with Crippen LogP contribution in [-0.4, -0.2) is 10.8 Å². The highest BCUT2D eigenvalue weighted by atomic mass is 35.5. The van der Waals surface area contributed by atoms with Crippen LogP contribution < -0.4 is 11.1 Å². The molecule has 0 saturated carbocycles. The largest absolute Gasteiger partial charge is 0.397 e. The number of hydrogen-bond acceptors (Lipinski definition) is 6. The van der Waals surface area contributed by atoms with Crippen molar-refractivity contribution in [1.29, 1.82) is 0 Å². The van der Waals surface area contributed by atoms with Crippen LogP contribution in [0.25, 0.3) is 20.8 Å². The number of carbonyl (C=O) groups is 1. The maximum absolute atomic E-state index is 13.4. The number of nitrogens with two attached hydrogens (primary N) is 1. The Bertz CT molecular complexity index is 1480. The summed E-state index contributed by atoms with van der Waals surface area (Å²) in [6.07, 6.45) is 0. The van der Waals surface area contributed by atoms with E-state index in [4.69, 9.17) is 45.5 Å². The maximum Gasteiger partial charge on any atom is 0.205 e. The summed E-state index contributed by atoms with van der Waals surface area (Å²) in [6, 6.07) is 20.0. The zero-order valence-corrected chi connectivity index (χ0v) is 20.6. The molecule has 0 atom stereocenters. The third-order valence-electron chi connectivity index (χ3n) is 4.94. The van der Waals surface area contributed by atoms with Gasteiger partial charge in [-0.15, -0.1) is 22.7 Å². The van der Waals surface area contributed by atoms with Gasteiger partial charge in [0.1, 0.15) is 14.9 Å². The molecule has 2 heterocycles. The van der Waals surface area contributed by atoms with E-state index < -0.39 is 0 Å². The summed E-state index contributed by atoms with van der Waals surface area (Å²) in [5, 5.41) is 6.15. The van der Waals surface area contributed by atoms with Crippen molar-refractivity contribution in [3.8, 4) is 10.6 Å². The van der Waals surface area contributed by atoms with Crippen LogP contribution in [0.15, 0.2) is 66.7 Å². The fourth-order valence-corrected chi connectivity index (χ4v) is 5.95. The Labute approximate surface area is 212 Å². The van der Waals surface area contributed by atoms with E-state index >= 15 is 0 Å². The van der Waals surface area contributed by atoms with E-state index in [9.17, 15) is 4.79 Å². The highest BCUT2D eigenvalue weighted by Gasteiger charge is 2.25. The molecule has 3 N–H and O–H groups in total. The van der Waals surface area contributed by atoms with Crippen LogP contribution in [0.3, 0.4) is 0 Å². The summed E-state index contributed by atoms with van der Waals surface area (Å²) >= 11 is 21.0. The lowest BCUT2D eigenvalue weighted by molar-refractivity contribution is 0.104. The minimum absolute atomic E-state index is 0.234. The number of ketones is 1. The molecule has 0 saturated heterocycles. The van der Waals surface area contributed by atoms with Gasteiger partial charge in [0.05, 0.1) is 31.5 Å². The number of rotatable bonds is 5. The molecule has 0 amide bonds. The van der Waals surface area contributed by atoms with Gasteiger partial charge in [0.25, 0.3) is 0 Å². The first-order valence-electron chi connectivity index (χ1n) is 9.71. The second kappa shape index (κ2) is 8.97. The average Bonchev–Trinajstić information content (AvgIpc) is 3.37. The van der Waals surface area contributed by atoms with Gasteiger partial charge in [-0.25, -0.2) is 4.98 Å². The first-order chi connectivity index (χ1) is 15.9. The number of nitrogen functional groups attached to an aromatic ring is 1. The topological polar surface area (TPSA) is 68.0 Å². The van der Waals surface area contributed by atoms with E-state index in [1.165, 1.54) is 22.7 Å². The molecule has 4 nitrogen and oxygen atoms in total. The number of aromatic nitrogens is 1. The zero-order valence-electron chi connectivity index (χ0n) is 16.7. The Morgan fingerprint density at radius 1 is 0.909 bits per heavy atom. The normalized spacial score (nSPS) is 11.1. The molecule has 164 valence electrons. The average molecular weight is 531 g/mol. The highest BCUT2D eigenvalue weighted by molar-refractivity contribution is 7.23. The molecule has 0 unspecified atom stereocenters. The van der Waals surface area contributed by atoms with E-state index in [1.807, 2.05) is 36.4 Å². The number of nitrogens with zero attached hydrogens (tertiary/aromatic N) is 1. The van der Waals surface area contributed by atoms with Crippen molar-refractivity contribution in [3.63, 3.8) is 0 Å². The Balaban J connectivity index is 1.65. The predicted molar refractivity (Wildman–Crippen MR) is 142 cm³/mol. The van der Waals surface area contributed by atoms with Gasteiger partial charge in [-0.05, 0) is 54.6 Å². The second-order valence-corrected chi connectivity index (χ2v) is 10.4. The van der Waals surface area contributed by atoms with Gasteiger partial charge in [0, 0.05) is 16.3 Å². The van der Waals surface area contributed by atoms with Gasteiger partial charge in [0.2, 0.25) is 5.78 Å². The molecule has 0 fully saturated rings. The summed E-state index contributed by atoms with van der Waals surface area (Å²) < 4.78 is 1.04. The van der Waals surface area contributed by atoms with Crippen molar-refractivity contribution in [3.05, 3.63) is 92.2 Å². The van der Waals surface area contributed by atoms with Gasteiger partial charge in [-0.2, -0.15) is 0 Å². The fraction of sp³-hybridized carbons (Fsp3) is 0. The van der Waals surface area contributed by atoms with Gasteiger partial charge < -0.3 is 11.1 Å². The first kappa shape index (κ1) is 22.2. The monoisotopic (exact) mass is 529 g/mol. The number of carbonyl (C=O) groups excluding carboxylic acids is 1. The Morgan fingerprint density at radius 2 is 1.67 bits per heavy atom. The van der Waals surface area contributed by atoms with Crippen LogP contribution in [0.5, 0.6) is 0 Å². The number of hydrogen-bond donors (Lipinski definition) is 2. The van der Waals surface area contributed by atoms with Crippen LogP contribution in [0.2, 0.25) is 15.1 Å². The Morgan fingerprint density at radius 3 is 2.39 bits per heavy atom. The molecule has 0 aliphatic rings. The second-order valence-electron chi connectivity index (χ2n) is 7.13. The fourth-order valence-electron chi connectivity index (χ4n) is 3.32. The lowest BCUT2D eigenvalue weighted by atomic mass is 10.1. The SMILES string of the molecule is Nc1c(C(=O)c2ccc(Cl)c(Cl)c2)sc(Nc2ccc(Cl)cc2)c1-c1nc2ccccc2s1. The molecule has 0 aliphatic heterocycles. The molecular weight excluding hydrogens is 517 g/mol. The van der Waals surface area contributed by atoms with Gasteiger partial charge in [0.15, 0.2) is 0 Å². The van der Waals surface area contributed by atoms with Gasteiger partial charge in [-0.1, -0.05) is 46.9 Å². The van der Waals surface area contributed by atoms with Crippen molar-refractivity contribution in [2.75, 3.05) is 11.1 Å². The number of anilines is 3. The summed E-state index contributed by atoms with van der Waals surface area (Å²) in [5.41, 5.74) is 9.74. The standard InChI is InChI=1S/C24H14Cl3N3OS2/c25-13-6-8-14(9-7-13)29-23-19(24-30-17-3-1-2-4-18(17)32-24)20(28)22(33-23)21(31)12-5-10-15(26)16(27)11-12/h1-11,29H,28H2. The molecule has 3 aromatic carbocycles. The molecule has 0 radical (unpaired) electrons. The number of thiazole rings is 1. The summed E-state index contributed by atoms with van der Waals surface area (Å²) in [7, 11) is 0. The quantitative estimate of drug-likeness (QED) is 0.223. The molecule has 0 spiro atoms. The molecule has 0 bridgehead atoms. The number of fused-ring (bicyclic) bond motifs is 1. The minimum atomic E-state index is -0.234. The van der Waals surface area contributed by atoms with Crippen LogP contribution in [0, 0.1) is 0 Å². The lowest BCUT2D eigenvalue weighted by Gasteiger charge is -2.06. The van der Waals surface area contributed by atoms with Crippen LogP contribution in [0.1, 0.15) is 15.2 Å². The third kappa shape index (κ3) is 4.33. The zero-order chi connectivity index (χ0) is 23.1. The van der Waals surface area contributed by atoms with E-state index in [0.717, 1.165) is 25.9 Å². The van der Waals surface area contributed by atoms with E-state index in [-0.39, 0.29) is 5.78 Å². The van der Waals surface area contributed by atoms with E-state index in [1.54, 1.807) is 30.3 Å². The van der Waals surface area contributed by atoms with Crippen molar-refractivity contribution in [1.82, 2.24) is 4.98 Å². The lowest BCUT2D eigenvalue weighted by Crippen LogP contribution is -2.02. The molecule has 5 rings (SSSR count). The van der Waals surface area contributed by atoms with Crippen molar-refractivity contribution in [2.24, 2.45) is 0 Å². The van der Waals surface area contributed by atoms with Crippen molar-refractivity contribution < 1.29 is 4.79 Å². The summed E-state index contributed by atoms with van der Waals surface area (Å²) in [4.78, 5) is 18.5. The molecule has 5 aromatic rings. The molecule has 9 heteroatoms. The first-order valence-corrected chi connectivity index (χ1v) is 12.5. The summed E-state index contributed by atoms with van der Waals surface area (Å²) in [5.74, 6) is -0.234. The molecule has 33 heavy (non-hydrogen) atoms. The molecule has 2 aromatic heterocycles. The van der Waals surface area contributed by atoms with Gasteiger partial charge in [-0.3, -0.25) is 4.79 Å². The number of nitrogens with one attached hydrogen (secondary N) is 1.